The molecule has 0 radical (unpaired) electrons. The lowest BCUT2D eigenvalue weighted by Crippen LogP contribution is -2.32. The SMILES string of the molecule is CCOc1nc(N)nc2c1ncn2C1OC2COPO[C@H]2C1C. The molecule has 10 heteroatoms. The van der Waals surface area contributed by atoms with Gasteiger partial charge in [-0.15, -0.1) is 0 Å². The summed E-state index contributed by atoms with van der Waals surface area (Å²) in [7, 11) is 0.0623. The number of hydrogen-bond acceptors (Lipinski definition) is 8. The van der Waals surface area contributed by atoms with E-state index >= 15 is 0 Å². The maximum Gasteiger partial charge on any atom is 0.247 e. The number of aromatic nitrogens is 4. The van der Waals surface area contributed by atoms with Crippen LogP contribution in [0, 0.1) is 5.92 Å². The Hall–Kier alpha value is -1.54. The molecular weight excluding hydrogens is 321 g/mol. The quantitative estimate of drug-likeness (QED) is 0.833. The van der Waals surface area contributed by atoms with Gasteiger partial charge in [0.25, 0.3) is 0 Å². The Bertz CT molecular complexity index is 726. The molecule has 4 unspecified atom stereocenters. The Morgan fingerprint density at radius 1 is 1.48 bits per heavy atom. The van der Waals surface area contributed by atoms with Gasteiger partial charge in [0.05, 0.1) is 25.6 Å². The van der Waals surface area contributed by atoms with E-state index in [-0.39, 0.29) is 39.3 Å². The predicted octanol–water partition coefficient (Wildman–Crippen LogP) is 1.26. The number of nitrogens with two attached hydrogens (primary N) is 1. The highest BCUT2D eigenvalue weighted by Gasteiger charge is 2.46. The minimum atomic E-state index is -0.245. The fourth-order valence-corrected chi connectivity index (χ4v) is 3.83. The van der Waals surface area contributed by atoms with Crippen molar-refractivity contribution in [2.75, 3.05) is 18.9 Å². The van der Waals surface area contributed by atoms with Gasteiger partial charge >= 0.3 is 0 Å². The van der Waals surface area contributed by atoms with Gasteiger partial charge in [-0.05, 0) is 6.92 Å². The van der Waals surface area contributed by atoms with Crippen LogP contribution in [0.5, 0.6) is 5.88 Å². The maximum absolute atomic E-state index is 6.11. The molecule has 4 rings (SSSR count). The van der Waals surface area contributed by atoms with E-state index in [4.69, 9.17) is 24.3 Å². The van der Waals surface area contributed by atoms with E-state index in [1.165, 1.54) is 0 Å². The van der Waals surface area contributed by atoms with Crippen molar-refractivity contribution in [2.24, 2.45) is 5.92 Å². The van der Waals surface area contributed by atoms with Crippen molar-refractivity contribution >= 4 is 26.1 Å². The van der Waals surface area contributed by atoms with Crippen LogP contribution in [-0.2, 0) is 13.8 Å². The van der Waals surface area contributed by atoms with Crippen LogP contribution >= 0.6 is 9.03 Å². The van der Waals surface area contributed by atoms with Crippen LogP contribution in [0.3, 0.4) is 0 Å². The summed E-state index contributed by atoms with van der Waals surface area (Å²) in [6, 6.07) is 0. The Morgan fingerprint density at radius 3 is 3.13 bits per heavy atom. The van der Waals surface area contributed by atoms with E-state index in [1.807, 2.05) is 11.5 Å². The predicted molar refractivity (Wildman–Crippen MR) is 83.1 cm³/mol. The largest absolute Gasteiger partial charge is 0.476 e. The lowest BCUT2D eigenvalue weighted by atomic mass is 10.0. The van der Waals surface area contributed by atoms with Crippen LogP contribution in [0.2, 0.25) is 0 Å². The minimum absolute atomic E-state index is 0.00933. The van der Waals surface area contributed by atoms with Gasteiger partial charge in [0.15, 0.2) is 20.2 Å². The molecule has 9 nitrogen and oxygen atoms in total. The monoisotopic (exact) mass is 339 g/mol. The number of ether oxygens (including phenoxy) is 2. The molecule has 0 saturated carbocycles. The first-order chi connectivity index (χ1) is 11.2. The molecular formula is C13H18N5O4P. The third-order valence-electron chi connectivity index (χ3n) is 4.10. The van der Waals surface area contributed by atoms with Gasteiger partial charge in [-0.25, -0.2) is 4.98 Å². The van der Waals surface area contributed by atoms with Gasteiger partial charge < -0.3 is 24.3 Å². The second kappa shape index (κ2) is 5.83. The molecule has 2 aliphatic heterocycles. The number of nitrogen functional groups attached to an aromatic ring is 1. The molecule has 2 aromatic heterocycles. The highest BCUT2D eigenvalue weighted by atomic mass is 31.1. The summed E-state index contributed by atoms with van der Waals surface area (Å²) in [5.74, 6) is 0.672. The van der Waals surface area contributed by atoms with Crippen molar-refractivity contribution in [3.63, 3.8) is 0 Å². The van der Waals surface area contributed by atoms with Gasteiger partial charge in [0.1, 0.15) is 12.3 Å². The van der Waals surface area contributed by atoms with Crippen molar-refractivity contribution < 1.29 is 18.5 Å². The van der Waals surface area contributed by atoms with Crippen LogP contribution in [0.1, 0.15) is 20.1 Å². The van der Waals surface area contributed by atoms with Gasteiger partial charge in [0.2, 0.25) is 11.8 Å². The van der Waals surface area contributed by atoms with Gasteiger partial charge in [-0.2, -0.15) is 9.97 Å². The maximum atomic E-state index is 6.11. The number of hydrogen-bond donors (Lipinski definition) is 1. The van der Waals surface area contributed by atoms with E-state index in [2.05, 4.69) is 21.9 Å². The van der Waals surface area contributed by atoms with Crippen molar-refractivity contribution in [2.45, 2.75) is 32.3 Å². The van der Waals surface area contributed by atoms with Crippen molar-refractivity contribution in [3.05, 3.63) is 6.33 Å². The first-order valence-corrected chi connectivity index (χ1v) is 8.31. The Morgan fingerprint density at radius 2 is 2.35 bits per heavy atom. The Balaban J connectivity index is 1.74. The number of nitrogens with zero attached hydrogens (tertiary/aromatic N) is 4. The van der Waals surface area contributed by atoms with E-state index in [1.54, 1.807) is 6.33 Å². The standard InChI is InChI=1S/C13H18N5O4P/c1-3-19-11-8-10(16-13(14)17-11)18(5-15-8)12-6(2)9-7(21-12)4-20-23-22-9/h5-7,9,12,23H,3-4H2,1-2H3,(H2,14,16,17)/t6?,7?,9-,12?/m0/s1. The highest BCUT2D eigenvalue weighted by Crippen LogP contribution is 2.43. The fraction of sp³-hybridized carbons (Fsp3) is 0.615. The number of rotatable bonds is 3. The topological polar surface area (TPSA) is 107 Å². The molecule has 5 atom stereocenters. The molecule has 0 bridgehead atoms. The van der Waals surface area contributed by atoms with E-state index in [0.717, 1.165) is 0 Å². The normalized spacial score (nSPS) is 31.6. The Kier molecular flexibility index (Phi) is 3.81. The van der Waals surface area contributed by atoms with Crippen molar-refractivity contribution in [1.82, 2.24) is 19.5 Å². The van der Waals surface area contributed by atoms with Crippen molar-refractivity contribution in [1.29, 1.82) is 0 Å². The lowest BCUT2D eigenvalue weighted by Gasteiger charge is -2.25. The van der Waals surface area contributed by atoms with E-state index in [0.29, 0.717) is 30.3 Å². The van der Waals surface area contributed by atoms with Crippen LogP contribution in [-0.4, -0.2) is 44.9 Å². The third kappa shape index (κ3) is 2.44. The first-order valence-electron chi connectivity index (χ1n) is 7.49. The molecule has 2 N–H and O–H groups in total. The molecule has 0 spiro atoms. The summed E-state index contributed by atoms with van der Waals surface area (Å²) in [4.78, 5) is 12.8. The van der Waals surface area contributed by atoms with E-state index in [9.17, 15) is 0 Å². The van der Waals surface area contributed by atoms with E-state index < -0.39 is 0 Å². The minimum Gasteiger partial charge on any atom is -0.476 e. The summed E-state index contributed by atoms with van der Waals surface area (Å²) in [5, 5.41) is 0. The highest BCUT2D eigenvalue weighted by molar-refractivity contribution is 7.26. The number of imidazole rings is 1. The third-order valence-corrected chi connectivity index (χ3v) is 4.75. The summed E-state index contributed by atoms with van der Waals surface area (Å²) in [6.07, 6.45) is 1.36. The molecule has 0 amide bonds. The molecule has 2 saturated heterocycles. The molecule has 23 heavy (non-hydrogen) atoms. The molecule has 124 valence electrons. The molecule has 0 aliphatic carbocycles. The summed E-state index contributed by atoms with van der Waals surface area (Å²) in [6.45, 7) is 4.99. The average Bonchev–Trinajstić information content (AvgIpc) is 3.09. The lowest BCUT2D eigenvalue weighted by molar-refractivity contribution is -0.0480. The molecule has 0 aromatic carbocycles. The van der Waals surface area contributed by atoms with Crippen LogP contribution in [0.4, 0.5) is 5.95 Å². The van der Waals surface area contributed by atoms with Crippen molar-refractivity contribution in [3.8, 4) is 5.88 Å². The zero-order valence-corrected chi connectivity index (χ0v) is 13.8. The smallest absolute Gasteiger partial charge is 0.247 e. The fourth-order valence-electron chi connectivity index (χ4n) is 3.05. The second-order valence-corrected chi connectivity index (χ2v) is 6.24. The summed E-state index contributed by atoms with van der Waals surface area (Å²) < 4.78 is 24.5. The van der Waals surface area contributed by atoms with Gasteiger partial charge in [0, 0.05) is 5.92 Å². The average molecular weight is 339 g/mol. The van der Waals surface area contributed by atoms with Gasteiger partial charge in [-0.1, -0.05) is 6.92 Å². The summed E-state index contributed by atoms with van der Waals surface area (Å²) in [5.41, 5.74) is 6.98. The zero-order chi connectivity index (χ0) is 16.0. The van der Waals surface area contributed by atoms with Crippen LogP contribution < -0.4 is 10.5 Å². The first kappa shape index (κ1) is 15.0. The van der Waals surface area contributed by atoms with Crippen LogP contribution in [0.25, 0.3) is 11.2 Å². The molecule has 2 aliphatic rings. The molecule has 2 fully saturated rings. The molecule has 4 heterocycles. The van der Waals surface area contributed by atoms with Crippen LogP contribution in [0.15, 0.2) is 6.33 Å². The second-order valence-electron chi connectivity index (χ2n) is 5.55. The number of fused-ring (bicyclic) bond motifs is 2. The Labute approximate surface area is 134 Å². The molecule has 2 aromatic rings. The number of anilines is 1. The summed E-state index contributed by atoms with van der Waals surface area (Å²) >= 11 is 0. The van der Waals surface area contributed by atoms with Gasteiger partial charge in [-0.3, -0.25) is 4.57 Å². The zero-order valence-electron chi connectivity index (χ0n) is 12.8.